The molecule has 246 valence electrons. The molecule has 1 fully saturated rings. The summed E-state index contributed by atoms with van der Waals surface area (Å²) in [5.41, 5.74) is 4.88. The Bertz CT molecular complexity index is 1490. The lowest BCUT2D eigenvalue weighted by molar-refractivity contribution is -0.122. The predicted molar refractivity (Wildman–Crippen MR) is 186 cm³/mol. The van der Waals surface area contributed by atoms with Crippen LogP contribution in [0.1, 0.15) is 88.4 Å². The third-order valence-electron chi connectivity index (χ3n) is 9.47. The average molecular weight is 646 g/mol. The van der Waals surface area contributed by atoms with Crippen LogP contribution in [0.4, 0.5) is 11.4 Å². The van der Waals surface area contributed by atoms with Gasteiger partial charge in [0.05, 0.1) is 25.7 Å². The first-order valence-electron chi connectivity index (χ1n) is 16.8. The molecule has 0 spiro atoms. The average Bonchev–Trinajstić information content (AvgIpc) is 3.05. The molecule has 0 bridgehead atoms. The first-order chi connectivity index (χ1) is 22.2. The molecule has 46 heavy (non-hydrogen) atoms. The number of carbonyl (C=O) groups excluding carboxylic acids is 2. The van der Waals surface area contributed by atoms with Gasteiger partial charge in [-0.3, -0.25) is 9.59 Å². The lowest BCUT2D eigenvalue weighted by atomic mass is 9.85. The highest BCUT2D eigenvalue weighted by molar-refractivity contribution is 6.30. The Morgan fingerprint density at radius 1 is 1.02 bits per heavy atom. The zero-order chi connectivity index (χ0) is 32.8. The third-order valence-corrected chi connectivity index (χ3v) is 9.72. The van der Waals surface area contributed by atoms with Gasteiger partial charge in [0.2, 0.25) is 11.8 Å². The first kappa shape index (κ1) is 33.6. The maximum atomic E-state index is 13.9. The molecule has 1 unspecified atom stereocenters. The van der Waals surface area contributed by atoms with Crippen molar-refractivity contribution in [1.82, 2.24) is 5.32 Å². The van der Waals surface area contributed by atoms with Crippen LogP contribution in [0, 0.1) is 5.92 Å². The predicted octanol–water partition coefficient (Wildman–Crippen LogP) is 8.12. The van der Waals surface area contributed by atoms with E-state index in [0.29, 0.717) is 34.9 Å². The van der Waals surface area contributed by atoms with Crippen molar-refractivity contribution in [3.8, 4) is 11.5 Å². The van der Waals surface area contributed by atoms with E-state index in [1.807, 2.05) is 55.1 Å². The van der Waals surface area contributed by atoms with Crippen LogP contribution in [0.2, 0.25) is 5.02 Å². The van der Waals surface area contributed by atoms with Crippen LogP contribution >= 0.6 is 11.6 Å². The highest BCUT2D eigenvalue weighted by Gasteiger charge is 2.36. The second-order valence-corrected chi connectivity index (χ2v) is 13.3. The van der Waals surface area contributed by atoms with E-state index < -0.39 is 0 Å². The molecule has 2 aliphatic rings. The molecule has 1 aliphatic heterocycles. The number of hydrogen-bond donors (Lipinski definition) is 1. The van der Waals surface area contributed by atoms with Gasteiger partial charge < -0.3 is 24.6 Å². The van der Waals surface area contributed by atoms with E-state index in [-0.39, 0.29) is 30.4 Å². The molecule has 1 aliphatic carbocycles. The van der Waals surface area contributed by atoms with Gasteiger partial charge in [-0.1, -0.05) is 37.6 Å². The number of benzene rings is 3. The molecule has 3 aromatic rings. The summed E-state index contributed by atoms with van der Waals surface area (Å²) in [4.78, 5) is 30.2. The molecule has 0 saturated heterocycles. The van der Waals surface area contributed by atoms with Crippen LogP contribution in [0.15, 0.2) is 60.7 Å². The van der Waals surface area contributed by atoms with Gasteiger partial charge >= 0.3 is 0 Å². The van der Waals surface area contributed by atoms with E-state index in [2.05, 4.69) is 48.5 Å². The van der Waals surface area contributed by atoms with Gasteiger partial charge in [0.1, 0.15) is 0 Å². The van der Waals surface area contributed by atoms with Crippen molar-refractivity contribution in [2.75, 3.05) is 30.5 Å². The lowest BCUT2D eigenvalue weighted by Gasteiger charge is -2.38. The summed E-state index contributed by atoms with van der Waals surface area (Å²) in [6, 6.07) is 20.0. The Kier molecular flexibility index (Phi) is 11.2. The molecule has 2 atom stereocenters. The fourth-order valence-electron chi connectivity index (χ4n) is 6.75. The van der Waals surface area contributed by atoms with Crippen molar-refractivity contribution in [2.45, 2.75) is 90.3 Å². The summed E-state index contributed by atoms with van der Waals surface area (Å²) in [6.45, 7) is 7.13. The standard InChI is InChI=1S/C38H48ClN3O4/c1-6-8-36(43)40-30-15-9-26(10-16-30)24-41(4)31-17-19-32(20-18-31)42-37(44)22-28-21-34(45-5)35(46-25(3)7-2)23-33(28)38(42)27-11-13-29(39)14-12-27/h11-14,17-21,23,25-26,30,38H,6-10,15-16,22,24H2,1-5H3,(H,40,43)/t25-,26?,30?,38?/m1/s1. The molecule has 1 heterocycles. The summed E-state index contributed by atoms with van der Waals surface area (Å²) < 4.78 is 12.0. The van der Waals surface area contributed by atoms with Crippen LogP contribution in [-0.2, 0) is 16.0 Å². The molecular formula is C38H48ClN3O4. The van der Waals surface area contributed by atoms with E-state index in [1.165, 1.54) is 0 Å². The van der Waals surface area contributed by atoms with E-state index in [0.717, 1.165) is 73.1 Å². The summed E-state index contributed by atoms with van der Waals surface area (Å²) in [6.07, 6.45) is 6.93. The summed E-state index contributed by atoms with van der Waals surface area (Å²) in [7, 11) is 3.77. The number of rotatable bonds is 12. The number of nitrogens with zero attached hydrogens (tertiary/aromatic N) is 2. The molecule has 7 nitrogen and oxygen atoms in total. The van der Waals surface area contributed by atoms with Crippen molar-refractivity contribution in [3.05, 3.63) is 82.4 Å². The maximum Gasteiger partial charge on any atom is 0.232 e. The Hall–Kier alpha value is -3.71. The second kappa shape index (κ2) is 15.3. The fourth-order valence-corrected chi connectivity index (χ4v) is 6.88. The van der Waals surface area contributed by atoms with E-state index in [4.69, 9.17) is 21.1 Å². The smallest absolute Gasteiger partial charge is 0.232 e. The number of hydrogen-bond acceptors (Lipinski definition) is 5. The van der Waals surface area contributed by atoms with Crippen LogP contribution in [-0.4, -0.2) is 44.7 Å². The zero-order valence-corrected chi connectivity index (χ0v) is 28.6. The Labute approximate surface area is 279 Å². The molecule has 8 heteroatoms. The van der Waals surface area contributed by atoms with Crippen molar-refractivity contribution in [3.63, 3.8) is 0 Å². The molecule has 0 radical (unpaired) electrons. The molecule has 1 N–H and O–H groups in total. The van der Waals surface area contributed by atoms with Gasteiger partial charge in [0.15, 0.2) is 11.5 Å². The maximum absolute atomic E-state index is 13.9. The third kappa shape index (κ3) is 7.80. The zero-order valence-electron chi connectivity index (χ0n) is 27.9. The number of methoxy groups -OCH3 is 1. The largest absolute Gasteiger partial charge is 0.493 e. The lowest BCUT2D eigenvalue weighted by Crippen LogP contribution is -2.41. The van der Waals surface area contributed by atoms with E-state index in [1.54, 1.807) is 7.11 Å². The molecule has 3 aromatic carbocycles. The van der Waals surface area contributed by atoms with Gasteiger partial charge in [-0.05, 0) is 117 Å². The minimum atomic E-state index is -0.352. The van der Waals surface area contributed by atoms with Gasteiger partial charge in [0, 0.05) is 42.5 Å². The van der Waals surface area contributed by atoms with Crippen molar-refractivity contribution in [2.24, 2.45) is 5.92 Å². The van der Waals surface area contributed by atoms with Crippen molar-refractivity contribution >= 4 is 34.8 Å². The topological polar surface area (TPSA) is 71.1 Å². The van der Waals surface area contributed by atoms with Crippen molar-refractivity contribution in [1.29, 1.82) is 0 Å². The SMILES string of the molecule is CCCC(=O)NC1CCC(CN(C)c2ccc(N3C(=O)Cc4cc(OC)c(O[C@H](C)CC)cc4C3c3ccc(Cl)cc3)cc2)CC1. The summed E-state index contributed by atoms with van der Waals surface area (Å²) in [5.74, 6) is 2.10. The minimum Gasteiger partial charge on any atom is -0.493 e. The Morgan fingerprint density at radius 2 is 1.72 bits per heavy atom. The van der Waals surface area contributed by atoms with Crippen LogP contribution in [0.5, 0.6) is 11.5 Å². The number of ether oxygens (including phenoxy) is 2. The van der Waals surface area contributed by atoms with Crippen LogP contribution < -0.4 is 24.6 Å². The number of halogens is 1. The monoisotopic (exact) mass is 645 g/mol. The quantitative estimate of drug-likeness (QED) is 0.215. The number of anilines is 2. The number of nitrogens with one attached hydrogen (secondary N) is 1. The molecule has 2 amide bonds. The summed E-state index contributed by atoms with van der Waals surface area (Å²) >= 11 is 6.29. The van der Waals surface area contributed by atoms with Gasteiger partial charge in [0.25, 0.3) is 0 Å². The number of fused-ring (bicyclic) bond motifs is 1. The molecule has 5 rings (SSSR count). The second-order valence-electron chi connectivity index (χ2n) is 12.9. The highest BCUT2D eigenvalue weighted by Crippen LogP contribution is 2.44. The van der Waals surface area contributed by atoms with Crippen molar-refractivity contribution < 1.29 is 19.1 Å². The molecular weight excluding hydrogens is 598 g/mol. The van der Waals surface area contributed by atoms with Gasteiger partial charge in [-0.25, -0.2) is 0 Å². The Balaban J connectivity index is 1.37. The van der Waals surface area contributed by atoms with Crippen LogP contribution in [0.3, 0.4) is 0 Å². The van der Waals surface area contributed by atoms with Gasteiger partial charge in [-0.15, -0.1) is 0 Å². The number of carbonyl (C=O) groups is 2. The fraction of sp³-hybridized carbons (Fsp3) is 0.474. The normalized spacial score (nSPS) is 20.1. The first-order valence-corrected chi connectivity index (χ1v) is 17.1. The van der Waals surface area contributed by atoms with E-state index in [9.17, 15) is 9.59 Å². The highest BCUT2D eigenvalue weighted by atomic mass is 35.5. The Morgan fingerprint density at radius 3 is 2.35 bits per heavy atom. The molecule has 1 saturated carbocycles. The molecule has 0 aromatic heterocycles. The number of amides is 2. The van der Waals surface area contributed by atoms with Gasteiger partial charge in [-0.2, -0.15) is 0 Å². The summed E-state index contributed by atoms with van der Waals surface area (Å²) in [5, 5.41) is 3.85. The minimum absolute atomic E-state index is 0.0218. The van der Waals surface area contributed by atoms with E-state index >= 15 is 0 Å². The van der Waals surface area contributed by atoms with Crippen LogP contribution in [0.25, 0.3) is 0 Å².